The first kappa shape index (κ1) is 15.0. The van der Waals surface area contributed by atoms with Crippen LogP contribution in [0, 0.1) is 5.82 Å². The van der Waals surface area contributed by atoms with Crippen molar-refractivity contribution in [1.82, 2.24) is 4.72 Å². The van der Waals surface area contributed by atoms with Crippen LogP contribution < -0.4 is 10.5 Å². The first-order valence-corrected chi connectivity index (χ1v) is 8.43. The quantitative estimate of drug-likeness (QED) is 0.633. The van der Waals surface area contributed by atoms with Gasteiger partial charge < -0.3 is 5.73 Å². The lowest BCUT2D eigenvalue weighted by molar-refractivity contribution is 0.537. The van der Waals surface area contributed by atoms with Crippen molar-refractivity contribution < 1.29 is 12.8 Å². The summed E-state index contributed by atoms with van der Waals surface area (Å²) < 4.78 is 40.9. The largest absolute Gasteiger partial charge is 0.395 e. The zero-order valence-electron chi connectivity index (χ0n) is 9.92. The maximum atomic E-state index is 14.0. The summed E-state index contributed by atoms with van der Waals surface area (Å²) in [6.07, 6.45) is 3.47. The minimum Gasteiger partial charge on any atom is -0.395 e. The molecular formula is C11H13BrClFN2O2S. The van der Waals surface area contributed by atoms with Crippen molar-refractivity contribution in [1.29, 1.82) is 0 Å². The fourth-order valence-electron chi connectivity index (χ4n) is 2.12. The summed E-state index contributed by atoms with van der Waals surface area (Å²) in [7, 11) is -3.95. The number of sulfonamides is 1. The van der Waals surface area contributed by atoms with E-state index in [0.29, 0.717) is 0 Å². The smallest absolute Gasteiger partial charge is 0.243 e. The highest BCUT2D eigenvalue weighted by Crippen LogP contribution is 2.35. The minimum absolute atomic E-state index is 0.0608. The summed E-state index contributed by atoms with van der Waals surface area (Å²) in [4.78, 5) is -0.509. The molecule has 1 aromatic carbocycles. The minimum atomic E-state index is -3.95. The molecule has 0 amide bonds. The molecule has 1 saturated carbocycles. The lowest BCUT2D eigenvalue weighted by Gasteiger charge is -2.14. The summed E-state index contributed by atoms with van der Waals surface area (Å²) in [6.45, 7) is 0. The van der Waals surface area contributed by atoms with Crippen molar-refractivity contribution in [2.75, 3.05) is 5.73 Å². The molecule has 0 radical (unpaired) electrons. The normalized spacial score (nSPS) is 17.0. The third-order valence-corrected chi connectivity index (χ3v) is 6.02. The zero-order chi connectivity index (χ0) is 14.2. The summed E-state index contributed by atoms with van der Waals surface area (Å²) in [5, 5.41) is 0.0608. The number of hydrogen-bond donors (Lipinski definition) is 2. The number of nitrogen functional groups attached to an aromatic ring is 1. The molecule has 4 nitrogen and oxygen atoms in total. The summed E-state index contributed by atoms with van der Waals surface area (Å²) >= 11 is 8.83. The topological polar surface area (TPSA) is 72.2 Å². The van der Waals surface area contributed by atoms with E-state index in [2.05, 4.69) is 20.7 Å². The van der Waals surface area contributed by atoms with Crippen molar-refractivity contribution in [3.05, 3.63) is 21.4 Å². The molecule has 0 spiro atoms. The average molecular weight is 372 g/mol. The fourth-order valence-corrected chi connectivity index (χ4v) is 4.11. The molecule has 19 heavy (non-hydrogen) atoms. The second-order valence-corrected chi connectivity index (χ2v) is 7.38. The molecule has 0 aliphatic heterocycles. The van der Waals surface area contributed by atoms with Gasteiger partial charge in [0.25, 0.3) is 0 Å². The number of rotatable bonds is 3. The predicted molar refractivity (Wildman–Crippen MR) is 76.1 cm³/mol. The lowest BCUT2D eigenvalue weighted by atomic mass is 10.3. The maximum absolute atomic E-state index is 14.0. The van der Waals surface area contributed by atoms with Crippen molar-refractivity contribution in [3.8, 4) is 0 Å². The van der Waals surface area contributed by atoms with Crippen LogP contribution in [0.1, 0.15) is 25.7 Å². The zero-order valence-corrected chi connectivity index (χ0v) is 13.1. The van der Waals surface area contributed by atoms with E-state index in [4.69, 9.17) is 17.3 Å². The highest BCUT2D eigenvalue weighted by molar-refractivity contribution is 9.10. The molecule has 0 aromatic heterocycles. The fraction of sp³-hybridized carbons (Fsp3) is 0.455. The molecule has 0 saturated heterocycles. The van der Waals surface area contributed by atoms with Gasteiger partial charge in [-0.25, -0.2) is 17.5 Å². The Kier molecular flexibility index (Phi) is 4.39. The highest BCUT2D eigenvalue weighted by atomic mass is 79.9. The van der Waals surface area contributed by atoms with Crippen LogP contribution in [0.5, 0.6) is 0 Å². The molecule has 0 atom stereocenters. The van der Waals surface area contributed by atoms with Crippen molar-refractivity contribution >= 4 is 43.2 Å². The third-order valence-electron chi connectivity index (χ3n) is 3.12. The molecule has 1 aromatic rings. The molecule has 0 unspecified atom stereocenters. The van der Waals surface area contributed by atoms with Gasteiger partial charge in [0.15, 0.2) is 5.82 Å². The molecule has 8 heteroatoms. The number of halogens is 3. The molecule has 3 N–H and O–H groups in total. The molecule has 106 valence electrons. The molecule has 2 rings (SSSR count). The van der Waals surface area contributed by atoms with Gasteiger partial charge in [0.1, 0.15) is 4.90 Å². The van der Waals surface area contributed by atoms with E-state index in [1.807, 2.05) is 0 Å². The van der Waals surface area contributed by atoms with Gasteiger partial charge >= 0.3 is 0 Å². The molecule has 1 aliphatic carbocycles. The monoisotopic (exact) mass is 370 g/mol. The van der Waals surface area contributed by atoms with E-state index in [1.54, 1.807) is 0 Å². The number of anilines is 1. The Morgan fingerprint density at radius 3 is 2.58 bits per heavy atom. The van der Waals surface area contributed by atoms with Gasteiger partial charge in [0.05, 0.1) is 15.2 Å². The summed E-state index contributed by atoms with van der Waals surface area (Å²) in [5.41, 5.74) is 5.18. The Morgan fingerprint density at radius 1 is 1.42 bits per heavy atom. The van der Waals surface area contributed by atoms with Crippen molar-refractivity contribution in [3.63, 3.8) is 0 Å². The van der Waals surface area contributed by atoms with E-state index in [9.17, 15) is 12.8 Å². The van der Waals surface area contributed by atoms with Gasteiger partial charge in [-0.3, -0.25) is 0 Å². The Hall–Kier alpha value is -0.370. The number of nitrogens with two attached hydrogens (primary N) is 1. The van der Waals surface area contributed by atoms with Gasteiger partial charge in [0, 0.05) is 6.04 Å². The van der Waals surface area contributed by atoms with Crippen LogP contribution in [0.3, 0.4) is 0 Å². The lowest BCUT2D eigenvalue weighted by Crippen LogP contribution is -2.33. The molecule has 1 fully saturated rings. The van der Waals surface area contributed by atoms with E-state index >= 15 is 0 Å². The Labute approximate surface area is 124 Å². The van der Waals surface area contributed by atoms with Crippen LogP contribution >= 0.6 is 27.5 Å². The molecule has 1 aliphatic rings. The van der Waals surface area contributed by atoms with E-state index in [0.717, 1.165) is 31.7 Å². The highest BCUT2D eigenvalue weighted by Gasteiger charge is 2.27. The van der Waals surface area contributed by atoms with E-state index < -0.39 is 20.7 Å². The van der Waals surface area contributed by atoms with Gasteiger partial charge in [0.2, 0.25) is 10.0 Å². The molecule has 0 heterocycles. The van der Waals surface area contributed by atoms with Crippen molar-refractivity contribution in [2.24, 2.45) is 0 Å². The number of benzene rings is 1. The first-order chi connectivity index (χ1) is 8.83. The maximum Gasteiger partial charge on any atom is 0.243 e. The average Bonchev–Trinajstić information content (AvgIpc) is 2.83. The second-order valence-electron chi connectivity index (χ2n) is 4.50. The SMILES string of the molecule is Nc1c(F)c(S(=O)(=O)NC2CCCC2)cc(Cl)c1Br. The van der Waals surface area contributed by atoms with E-state index in [-0.39, 0.29) is 21.2 Å². The molecular weight excluding hydrogens is 359 g/mol. The second kappa shape index (κ2) is 5.55. The van der Waals surface area contributed by atoms with Gasteiger partial charge in [-0.2, -0.15) is 0 Å². The van der Waals surface area contributed by atoms with Gasteiger partial charge in [-0.1, -0.05) is 24.4 Å². The van der Waals surface area contributed by atoms with Crippen LogP contribution in [-0.4, -0.2) is 14.5 Å². The van der Waals surface area contributed by atoms with E-state index in [1.165, 1.54) is 0 Å². The Balaban J connectivity index is 2.40. The van der Waals surface area contributed by atoms with Crippen LogP contribution in [0.25, 0.3) is 0 Å². The van der Waals surface area contributed by atoms with Crippen LogP contribution in [0.15, 0.2) is 15.4 Å². The van der Waals surface area contributed by atoms with Crippen LogP contribution in [-0.2, 0) is 10.0 Å². The Morgan fingerprint density at radius 2 is 2.00 bits per heavy atom. The van der Waals surface area contributed by atoms with Gasteiger partial charge in [-0.05, 0) is 34.8 Å². The predicted octanol–water partition coefficient (Wildman–Crippen LogP) is 3.04. The third kappa shape index (κ3) is 3.04. The van der Waals surface area contributed by atoms with Crippen LogP contribution in [0.4, 0.5) is 10.1 Å². The Bertz CT molecular complexity index is 603. The summed E-state index contributed by atoms with van der Waals surface area (Å²) in [5.74, 6) is -0.984. The molecule has 0 bridgehead atoms. The standard InChI is InChI=1S/C11H13BrClFN2O2S/c12-9-7(13)5-8(10(14)11(9)15)19(17,18)16-6-3-1-2-4-6/h5-6,16H,1-4,15H2. The van der Waals surface area contributed by atoms with Gasteiger partial charge in [-0.15, -0.1) is 0 Å². The number of hydrogen-bond acceptors (Lipinski definition) is 3. The first-order valence-electron chi connectivity index (χ1n) is 5.78. The van der Waals surface area contributed by atoms with Crippen LogP contribution in [0.2, 0.25) is 5.02 Å². The summed E-state index contributed by atoms with van der Waals surface area (Å²) in [6, 6.07) is 0.919. The number of nitrogens with one attached hydrogen (secondary N) is 1. The van der Waals surface area contributed by atoms with Crippen molar-refractivity contribution in [2.45, 2.75) is 36.6 Å².